The van der Waals surface area contributed by atoms with Gasteiger partial charge in [-0.25, -0.2) is 0 Å². The number of non-ortho nitro benzene ring substituents is 1. The van der Waals surface area contributed by atoms with E-state index in [-0.39, 0.29) is 32.7 Å². The van der Waals surface area contributed by atoms with Crippen molar-refractivity contribution in [2.24, 2.45) is 0 Å². The maximum absolute atomic E-state index is 12.6. The van der Waals surface area contributed by atoms with E-state index in [9.17, 15) is 19.7 Å². The van der Waals surface area contributed by atoms with Crippen molar-refractivity contribution in [3.63, 3.8) is 0 Å². The standard InChI is InChI=1S/C16H9BrN2O5/c1-24-16-12(17)15(21)11-10(14(16)20)6-7-18-13(11)8-2-4-9(5-3-8)19(22)23/h2-7H,1H3. The maximum atomic E-state index is 12.6. The Labute approximate surface area is 144 Å². The first-order valence-electron chi connectivity index (χ1n) is 6.72. The molecule has 2 aromatic rings. The van der Waals surface area contributed by atoms with Crippen molar-refractivity contribution in [3.05, 3.63) is 68.0 Å². The van der Waals surface area contributed by atoms with Crippen molar-refractivity contribution >= 4 is 33.2 Å². The number of fused-ring (bicyclic) bond motifs is 1. The Kier molecular flexibility index (Phi) is 3.98. The van der Waals surface area contributed by atoms with Crippen LogP contribution in [0, 0.1) is 10.1 Å². The number of carbonyl (C=O) groups is 2. The Morgan fingerprint density at radius 2 is 1.79 bits per heavy atom. The fourth-order valence-electron chi connectivity index (χ4n) is 2.46. The number of methoxy groups -OCH3 is 1. The zero-order chi connectivity index (χ0) is 17.4. The van der Waals surface area contributed by atoms with Crippen LogP contribution in [0.2, 0.25) is 0 Å². The Balaban J connectivity index is 2.19. The quantitative estimate of drug-likeness (QED) is 0.590. The Morgan fingerprint density at radius 3 is 2.38 bits per heavy atom. The summed E-state index contributed by atoms with van der Waals surface area (Å²) in [6, 6.07) is 7.06. The molecule has 24 heavy (non-hydrogen) atoms. The van der Waals surface area contributed by atoms with Crippen LogP contribution >= 0.6 is 15.9 Å². The molecule has 1 aliphatic carbocycles. The van der Waals surface area contributed by atoms with Gasteiger partial charge in [0.1, 0.15) is 4.48 Å². The molecule has 0 N–H and O–H groups in total. The monoisotopic (exact) mass is 388 g/mol. The average Bonchev–Trinajstić information content (AvgIpc) is 2.60. The molecule has 0 saturated carbocycles. The molecule has 0 aliphatic heterocycles. The van der Waals surface area contributed by atoms with Crippen LogP contribution in [0.4, 0.5) is 5.69 Å². The lowest BCUT2D eigenvalue weighted by molar-refractivity contribution is -0.384. The van der Waals surface area contributed by atoms with Gasteiger partial charge < -0.3 is 4.74 Å². The number of aromatic nitrogens is 1. The highest BCUT2D eigenvalue weighted by Gasteiger charge is 2.34. The van der Waals surface area contributed by atoms with Crippen molar-refractivity contribution < 1.29 is 19.2 Å². The lowest BCUT2D eigenvalue weighted by atomic mass is 9.90. The highest BCUT2D eigenvalue weighted by Crippen LogP contribution is 2.35. The van der Waals surface area contributed by atoms with Crippen LogP contribution in [-0.2, 0) is 4.74 Å². The van der Waals surface area contributed by atoms with Crippen molar-refractivity contribution in [1.29, 1.82) is 0 Å². The number of pyridine rings is 1. The molecule has 7 nitrogen and oxygen atoms in total. The molecule has 0 radical (unpaired) electrons. The second kappa shape index (κ2) is 5.97. The molecule has 8 heteroatoms. The van der Waals surface area contributed by atoms with E-state index in [1.807, 2.05) is 0 Å². The number of nitro benzene ring substituents is 1. The maximum Gasteiger partial charge on any atom is 0.269 e. The van der Waals surface area contributed by atoms with Gasteiger partial charge in [-0.2, -0.15) is 0 Å². The molecule has 0 atom stereocenters. The smallest absolute Gasteiger partial charge is 0.269 e. The Hall–Kier alpha value is -2.87. The molecule has 120 valence electrons. The van der Waals surface area contributed by atoms with Gasteiger partial charge in [-0.1, -0.05) is 0 Å². The van der Waals surface area contributed by atoms with Crippen LogP contribution < -0.4 is 0 Å². The van der Waals surface area contributed by atoms with E-state index in [2.05, 4.69) is 20.9 Å². The molecule has 1 aliphatic rings. The van der Waals surface area contributed by atoms with E-state index in [0.717, 1.165) is 0 Å². The van der Waals surface area contributed by atoms with E-state index in [1.54, 1.807) is 0 Å². The molecular formula is C16H9BrN2O5. The minimum atomic E-state index is -0.517. The van der Waals surface area contributed by atoms with Crippen LogP contribution in [0.5, 0.6) is 0 Å². The molecule has 0 unspecified atom stereocenters. The fourth-order valence-corrected chi connectivity index (χ4v) is 3.00. The minimum Gasteiger partial charge on any atom is -0.491 e. The summed E-state index contributed by atoms with van der Waals surface area (Å²) < 4.78 is 5.02. The molecule has 3 rings (SSSR count). The summed E-state index contributed by atoms with van der Waals surface area (Å²) in [6.45, 7) is 0. The van der Waals surface area contributed by atoms with E-state index in [0.29, 0.717) is 5.56 Å². The molecule has 0 saturated heterocycles. The predicted octanol–water partition coefficient (Wildman–Crippen LogP) is 3.29. The number of nitro groups is 1. The summed E-state index contributed by atoms with van der Waals surface area (Å²) >= 11 is 3.10. The van der Waals surface area contributed by atoms with Crippen molar-refractivity contribution in [2.75, 3.05) is 7.11 Å². The van der Waals surface area contributed by atoms with Crippen molar-refractivity contribution in [3.8, 4) is 11.3 Å². The zero-order valence-electron chi connectivity index (χ0n) is 12.3. The summed E-state index contributed by atoms with van der Waals surface area (Å²) in [5.74, 6) is -0.916. The van der Waals surface area contributed by atoms with E-state index in [1.165, 1.54) is 43.6 Å². The summed E-state index contributed by atoms with van der Waals surface area (Å²) in [7, 11) is 1.31. The molecule has 0 fully saturated rings. The van der Waals surface area contributed by atoms with Gasteiger partial charge in [0, 0.05) is 29.5 Å². The number of ether oxygens (including phenoxy) is 1. The van der Waals surface area contributed by atoms with Crippen LogP contribution in [-0.4, -0.2) is 28.6 Å². The number of allylic oxidation sites excluding steroid dienone is 2. The number of benzene rings is 1. The van der Waals surface area contributed by atoms with Gasteiger partial charge >= 0.3 is 0 Å². The summed E-state index contributed by atoms with van der Waals surface area (Å²) in [4.78, 5) is 39.5. The van der Waals surface area contributed by atoms with E-state index >= 15 is 0 Å². The minimum absolute atomic E-state index is 0.0265. The second-order valence-electron chi connectivity index (χ2n) is 4.89. The summed E-state index contributed by atoms with van der Waals surface area (Å²) in [6.07, 6.45) is 1.41. The lowest BCUT2D eigenvalue weighted by Gasteiger charge is -2.19. The lowest BCUT2D eigenvalue weighted by Crippen LogP contribution is -2.22. The number of carbonyl (C=O) groups excluding carboxylic acids is 2. The molecule has 1 aromatic carbocycles. The first kappa shape index (κ1) is 16.0. The largest absolute Gasteiger partial charge is 0.491 e. The van der Waals surface area contributed by atoms with Gasteiger partial charge in [-0.3, -0.25) is 24.7 Å². The first-order chi connectivity index (χ1) is 11.5. The first-order valence-corrected chi connectivity index (χ1v) is 7.52. The molecule has 1 heterocycles. The third-order valence-corrected chi connectivity index (χ3v) is 4.30. The number of halogens is 1. The highest BCUT2D eigenvalue weighted by molar-refractivity contribution is 9.12. The molecule has 1 aromatic heterocycles. The number of rotatable bonds is 3. The SMILES string of the molecule is COC1=C(Br)C(=O)c2c(ccnc2-c2ccc([N+](=O)[O-])cc2)C1=O. The molecular weight excluding hydrogens is 380 g/mol. The van der Waals surface area contributed by atoms with Gasteiger partial charge in [0.2, 0.25) is 11.6 Å². The van der Waals surface area contributed by atoms with Crippen LogP contribution in [0.25, 0.3) is 11.3 Å². The zero-order valence-corrected chi connectivity index (χ0v) is 13.9. The third-order valence-electron chi connectivity index (χ3n) is 3.58. The molecule has 0 amide bonds. The van der Waals surface area contributed by atoms with Gasteiger partial charge in [0.15, 0.2) is 5.76 Å². The highest BCUT2D eigenvalue weighted by atomic mass is 79.9. The second-order valence-corrected chi connectivity index (χ2v) is 5.68. The predicted molar refractivity (Wildman–Crippen MR) is 88.0 cm³/mol. The Morgan fingerprint density at radius 1 is 1.12 bits per heavy atom. The molecule has 0 spiro atoms. The summed E-state index contributed by atoms with van der Waals surface area (Å²) in [5, 5.41) is 10.8. The number of ketones is 2. The molecule has 0 bridgehead atoms. The fraction of sp³-hybridized carbons (Fsp3) is 0.0625. The van der Waals surface area contributed by atoms with Crippen molar-refractivity contribution in [1.82, 2.24) is 4.98 Å². The summed E-state index contributed by atoms with van der Waals surface area (Å²) in [5.41, 5.74) is 1.04. The topological polar surface area (TPSA) is 99.4 Å². The number of Topliss-reactive ketones (excluding diaryl/α,β-unsaturated/α-hetero) is 2. The van der Waals surface area contributed by atoms with E-state index in [4.69, 9.17) is 4.74 Å². The van der Waals surface area contributed by atoms with Crippen LogP contribution in [0.1, 0.15) is 20.7 Å². The van der Waals surface area contributed by atoms with Gasteiger partial charge in [-0.15, -0.1) is 0 Å². The number of hydrogen-bond acceptors (Lipinski definition) is 6. The number of hydrogen-bond donors (Lipinski definition) is 0. The van der Waals surface area contributed by atoms with Gasteiger partial charge in [0.05, 0.1) is 23.3 Å². The van der Waals surface area contributed by atoms with E-state index < -0.39 is 16.5 Å². The number of nitrogens with zero attached hydrogens (tertiary/aromatic N) is 2. The van der Waals surface area contributed by atoms with Crippen LogP contribution in [0.15, 0.2) is 46.8 Å². The van der Waals surface area contributed by atoms with Crippen LogP contribution in [0.3, 0.4) is 0 Å². The average molecular weight is 389 g/mol. The van der Waals surface area contributed by atoms with Crippen molar-refractivity contribution in [2.45, 2.75) is 0 Å². The van der Waals surface area contributed by atoms with Gasteiger partial charge in [0.25, 0.3) is 5.69 Å². The van der Waals surface area contributed by atoms with Gasteiger partial charge in [-0.05, 0) is 34.1 Å². The Bertz CT molecular complexity index is 919. The normalized spacial score (nSPS) is 13.8. The third kappa shape index (κ3) is 2.41.